The average molecular weight is 291 g/mol. The molecule has 0 aliphatic rings. The van der Waals surface area contributed by atoms with Gasteiger partial charge in [-0.05, 0) is 12.1 Å². The predicted molar refractivity (Wildman–Crippen MR) is 80.1 cm³/mol. The maximum atomic E-state index is 11.9. The molecule has 5 nitrogen and oxygen atoms in total. The van der Waals surface area contributed by atoms with Crippen molar-refractivity contribution in [3.8, 4) is 0 Å². The van der Waals surface area contributed by atoms with Gasteiger partial charge >= 0.3 is 0 Å². The molecule has 0 aliphatic carbocycles. The van der Waals surface area contributed by atoms with E-state index in [1.54, 1.807) is 18.5 Å². The van der Waals surface area contributed by atoms with Crippen molar-refractivity contribution >= 4 is 17.3 Å². The minimum Gasteiger partial charge on any atom is -0.382 e. The van der Waals surface area contributed by atoms with Gasteiger partial charge in [-0.3, -0.25) is 9.78 Å². The molecule has 2 rings (SSSR count). The van der Waals surface area contributed by atoms with E-state index in [1.165, 1.54) is 4.68 Å². The first-order chi connectivity index (χ1) is 9.72. The molecule has 0 saturated heterocycles. The Balaban J connectivity index is 2.02. The third kappa shape index (κ3) is 3.45. The molecule has 2 heterocycles. The first-order valence-electron chi connectivity index (χ1n) is 6.22. The lowest BCUT2D eigenvalue weighted by Crippen LogP contribution is -2.24. The van der Waals surface area contributed by atoms with Crippen LogP contribution in [0.3, 0.4) is 0 Å². The zero-order chi connectivity index (χ0) is 14.4. The average Bonchev–Trinajstić information content (AvgIpc) is 2.48. The number of anilines is 1. The molecule has 0 spiro atoms. The lowest BCUT2D eigenvalue weighted by Gasteiger charge is -2.09. The number of aromatic nitrogens is 3. The Morgan fingerprint density at radius 1 is 1.45 bits per heavy atom. The number of halogens is 1. The van der Waals surface area contributed by atoms with Crippen LogP contribution >= 0.6 is 11.6 Å². The largest absolute Gasteiger partial charge is 0.382 e. The van der Waals surface area contributed by atoms with Crippen LogP contribution in [-0.2, 0) is 13.0 Å². The summed E-state index contributed by atoms with van der Waals surface area (Å²) in [5.41, 5.74) is 1.19. The van der Waals surface area contributed by atoms with Crippen LogP contribution in [0.25, 0.3) is 0 Å². The third-order valence-corrected chi connectivity index (χ3v) is 3.07. The highest BCUT2D eigenvalue weighted by Crippen LogP contribution is 2.15. The van der Waals surface area contributed by atoms with Crippen molar-refractivity contribution < 1.29 is 0 Å². The summed E-state index contributed by atoms with van der Waals surface area (Å²) in [6.07, 6.45) is 5.64. The Morgan fingerprint density at radius 2 is 2.30 bits per heavy atom. The van der Waals surface area contributed by atoms with E-state index in [9.17, 15) is 4.79 Å². The molecule has 6 heteroatoms. The van der Waals surface area contributed by atoms with Crippen LogP contribution in [0.1, 0.15) is 5.69 Å². The second kappa shape index (κ2) is 6.86. The summed E-state index contributed by atoms with van der Waals surface area (Å²) >= 11 is 6.03. The van der Waals surface area contributed by atoms with Crippen LogP contribution < -0.4 is 10.9 Å². The standard InChI is InChI=1S/C14H15ClN4O/c1-2-9-19-14(20)13(15)12(10-18-19)17-8-6-11-5-3-4-7-16-11/h2-5,7,10,17H,1,6,8-9H2. The van der Waals surface area contributed by atoms with Crippen molar-refractivity contribution in [2.24, 2.45) is 0 Å². The molecule has 0 aromatic carbocycles. The van der Waals surface area contributed by atoms with Gasteiger partial charge in [-0.1, -0.05) is 23.7 Å². The number of hydrogen-bond donors (Lipinski definition) is 1. The van der Waals surface area contributed by atoms with Crippen LogP contribution in [0, 0.1) is 0 Å². The van der Waals surface area contributed by atoms with Gasteiger partial charge in [-0.15, -0.1) is 6.58 Å². The summed E-state index contributed by atoms with van der Waals surface area (Å²) in [6.45, 7) is 4.54. The van der Waals surface area contributed by atoms with Gasteiger partial charge in [0.2, 0.25) is 0 Å². The van der Waals surface area contributed by atoms with Gasteiger partial charge in [-0.2, -0.15) is 5.10 Å². The molecule has 0 aliphatic heterocycles. The fourth-order valence-electron chi connectivity index (χ4n) is 1.71. The Bertz CT molecular complexity index is 639. The predicted octanol–water partition coefficient (Wildman–Crippen LogP) is 2.13. The summed E-state index contributed by atoms with van der Waals surface area (Å²) in [6, 6.07) is 5.76. The minimum absolute atomic E-state index is 0.142. The molecule has 0 saturated carbocycles. The molecule has 0 bridgehead atoms. The van der Waals surface area contributed by atoms with Gasteiger partial charge in [-0.25, -0.2) is 4.68 Å². The number of pyridine rings is 1. The van der Waals surface area contributed by atoms with E-state index in [4.69, 9.17) is 11.6 Å². The fourth-order valence-corrected chi connectivity index (χ4v) is 1.93. The number of hydrogen-bond acceptors (Lipinski definition) is 4. The Kier molecular flexibility index (Phi) is 4.90. The fraction of sp³-hybridized carbons (Fsp3) is 0.214. The van der Waals surface area contributed by atoms with Crippen LogP contribution in [-0.4, -0.2) is 21.3 Å². The minimum atomic E-state index is -0.325. The van der Waals surface area contributed by atoms with E-state index in [-0.39, 0.29) is 10.6 Å². The van der Waals surface area contributed by atoms with Gasteiger partial charge in [0, 0.05) is 24.9 Å². The summed E-state index contributed by atoms with van der Waals surface area (Å²) in [4.78, 5) is 16.1. The zero-order valence-electron chi connectivity index (χ0n) is 10.9. The second-order valence-corrected chi connectivity index (χ2v) is 4.52. The van der Waals surface area contributed by atoms with E-state index >= 15 is 0 Å². The third-order valence-electron chi connectivity index (χ3n) is 2.71. The normalized spacial score (nSPS) is 10.2. The number of nitrogens with zero attached hydrogens (tertiary/aromatic N) is 3. The molecular formula is C14H15ClN4O. The molecule has 20 heavy (non-hydrogen) atoms. The summed E-state index contributed by atoms with van der Waals surface area (Å²) in [7, 11) is 0. The van der Waals surface area contributed by atoms with Crippen molar-refractivity contribution in [1.29, 1.82) is 0 Å². The second-order valence-electron chi connectivity index (χ2n) is 4.15. The maximum Gasteiger partial charge on any atom is 0.287 e. The molecule has 2 aromatic rings. The van der Waals surface area contributed by atoms with E-state index in [0.29, 0.717) is 18.8 Å². The van der Waals surface area contributed by atoms with Crippen LogP contribution in [0.2, 0.25) is 5.02 Å². The number of nitrogens with one attached hydrogen (secondary N) is 1. The molecular weight excluding hydrogens is 276 g/mol. The first-order valence-corrected chi connectivity index (χ1v) is 6.60. The zero-order valence-corrected chi connectivity index (χ0v) is 11.7. The Labute approximate surface area is 121 Å². The summed E-state index contributed by atoms with van der Waals surface area (Å²) in [5.74, 6) is 0. The lowest BCUT2D eigenvalue weighted by atomic mass is 10.2. The first kappa shape index (κ1) is 14.3. The van der Waals surface area contributed by atoms with Gasteiger partial charge in [0.05, 0.1) is 18.4 Å². The van der Waals surface area contributed by atoms with Crippen molar-refractivity contribution in [3.05, 3.63) is 64.3 Å². The van der Waals surface area contributed by atoms with Crippen molar-refractivity contribution in [2.45, 2.75) is 13.0 Å². The van der Waals surface area contributed by atoms with Crippen molar-refractivity contribution in [1.82, 2.24) is 14.8 Å². The van der Waals surface area contributed by atoms with Gasteiger partial charge in [0.25, 0.3) is 5.56 Å². The molecule has 0 amide bonds. The van der Waals surface area contributed by atoms with Crippen molar-refractivity contribution in [2.75, 3.05) is 11.9 Å². The summed E-state index contributed by atoms with van der Waals surface area (Å²) in [5, 5.41) is 7.26. The number of rotatable bonds is 6. The lowest BCUT2D eigenvalue weighted by molar-refractivity contribution is 0.653. The van der Waals surface area contributed by atoms with E-state index in [1.807, 2.05) is 18.2 Å². The van der Waals surface area contributed by atoms with Crippen LogP contribution in [0.5, 0.6) is 0 Å². The van der Waals surface area contributed by atoms with Gasteiger partial charge in [0.15, 0.2) is 0 Å². The highest BCUT2D eigenvalue weighted by molar-refractivity contribution is 6.32. The molecule has 0 unspecified atom stereocenters. The monoisotopic (exact) mass is 290 g/mol. The smallest absolute Gasteiger partial charge is 0.287 e. The number of allylic oxidation sites excluding steroid dienone is 1. The van der Waals surface area contributed by atoms with E-state index in [0.717, 1.165) is 12.1 Å². The topological polar surface area (TPSA) is 59.8 Å². The molecule has 2 aromatic heterocycles. The van der Waals surface area contributed by atoms with Gasteiger partial charge < -0.3 is 5.32 Å². The molecule has 0 atom stereocenters. The highest BCUT2D eigenvalue weighted by Gasteiger charge is 2.08. The molecule has 0 fully saturated rings. The Morgan fingerprint density at radius 3 is 3.00 bits per heavy atom. The molecule has 104 valence electrons. The quantitative estimate of drug-likeness (QED) is 0.828. The van der Waals surface area contributed by atoms with Crippen LogP contribution in [0.15, 0.2) is 48.0 Å². The highest BCUT2D eigenvalue weighted by atomic mass is 35.5. The SMILES string of the molecule is C=CCn1ncc(NCCc2ccccn2)c(Cl)c1=O. The van der Waals surface area contributed by atoms with Crippen LogP contribution in [0.4, 0.5) is 5.69 Å². The van der Waals surface area contributed by atoms with Crippen molar-refractivity contribution in [3.63, 3.8) is 0 Å². The Hall–Kier alpha value is -2.14. The molecule has 0 radical (unpaired) electrons. The maximum absolute atomic E-state index is 11.9. The van der Waals surface area contributed by atoms with E-state index in [2.05, 4.69) is 22.0 Å². The molecule has 1 N–H and O–H groups in total. The van der Waals surface area contributed by atoms with E-state index < -0.39 is 0 Å². The van der Waals surface area contributed by atoms with Gasteiger partial charge in [0.1, 0.15) is 5.02 Å². The summed E-state index contributed by atoms with van der Waals surface area (Å²) < 4.78 is 1.26.